The van der Waals surface area contributed by atoms with Crippen LogP contribution in [0.2, 0.25) is 0 Å². The number of hydrogen-bond acceptors (Lipinski definition) is 2. The first-order valence-corrected chi connectivity index (χ1v) is 23.0. The van der Waals surface area contributed by atoms with Gasteiger partial charge in [0.1, 0.15) is 5.58 Å². The second-order valence-corrected chi connectivity index (χ2v) is 18.3. The van der Waals surface area contributed by atoms with Gasteiger partial charge in [-0.05, 0) is 114 Å². The molecule has 0 amide bonds. The fourth-order valence-corrected chi connectivity index (χ4v) is 11.7. The Bertz CT molecular complexity index is 3630. The number of hydrogen-bond donors (Lipinski definition) is 0. The Balaban J connectivity index is 1.13. The molecule has 10 aromatic carbocycles. The molecular formula is C64H45NO. The summed E-state index contributed by atoms with van der Waals surface area (Å²) in [4.78, 5) is 2.54. The Labute approximate surface area is 385 Å². The smallest absolute Gasteiger partial charge is 0.159 e. The van der Waals surface area contributed by atoms with Gasteiger partial charge in [-0.3, -0.25) is 0 Å². The number of anilines is 3. The first-order chi connectivity index (χ1) is 32.5. The van der Waals surface area contributed by atoms with E-state index in [0.717, 1.165) is 44.6 Å². The molecule has 1 aromatic heterocycles. The molecule has 0 saturated carbocycles. The summed E-state index contributed by atoms with van der Waals surface area (Å²) in [5.41, 5.74) is 21.4. The van der Waals surface area contributed by atoms with Gasteiger partial charge in [-0.25, -0.2) is 0 Å². The summed E-state index contributed by atoms with van der Waals surface area (Å²) in [6.45, 7) is 4.80. The number of fused-ring (bicyclic) bond motifs is 9. The van der Waals surface area contributed by atoms with Crippen LogP contribution < -0.4 is 4.90 Å². The van der Waals surface area contributed by atoms with Crippen LogP contribution in [0.5, 0.6) is 0 Å². The molecular weight excluding hydrogens is 799 g/mol. The van der Waals surface area contributed by atoms with Crippen molar-refractivity contribution < 1.29 is 4.42 Å². The van der Waals surface area contributed by atoms with Crippen molar-refractivity contribution in [3.8, 4) is 44.5 Å². The molecule has 0 atom stereocenters. The summed E-state index contributed by atoms with van der Waals surface area (Å²) in [5, 5.41) is 2.18. The van der Waals surface area contributed by atoms with Gasteiger partial charge < -0.3 is 9.32 Å². The van der Waals surface area contributed by atoms with Crippen LogP contribution in [0.4, 0.5) is 17.1 Å². The molecule has 0 spiro atoms. The first-order valence-electron chi connectivity index (χ1n) is 23.0. The summed E-state index contributed by atoms with van der Waals surface area (Å²) < 4.78 is 7.14. The highest BCUT2D eigenvalue weighted by Gasteiger charge is 2.48. The van der Waals surface area contributed by atoms with Crippen LogP contribution in [-0.4, -0.2) is 0 Å². The number of rotatable bonds is 7. The van der Waals surface area contributed by atoms with Crippen molar-refractivity contribution in [3.05, 3.63) is 270 Å². The zero-order valence-electron chi connectivity index (χ0n) is 36.9. The monoisotopic (exact) mass is 843 g/mol. The SMILES string of the molecule is CC1(C)c2ccc(-c3ccccc3)cc2-c2cccc(N(c3ccccc3C3(c4ccccc4)c4ccccc4-c4ccccc43)c3cccc4c3oc3ccc(-c5ccccc5)cc34)c21. The first kappa shape index (κ1) is 38.3. The molecule has 13 rings (SSSR count). The fraction of sp³-hybridized carbons (Fsp3) is 0.0625. The number of benzene rings is 10. The molecule has 0 radical (unpaired) electrons. The van der Waals surface area contributed by atoms with E-state index >= 15 is 0 Å². The quantitative estimate of drug-likeness (QED) is 0.159. The molecule has 0 unspecified atom stereocenters. The van der Waals surface area contributed by atoms with Crippen molar-refractivity contribution in [3.63, 3.8) is 0 Å². The van der Waals surface area contributed by atoms with Crippen LogP contribution in [0.1, 0.15) is 47.2 Å². The molecule has 2 aliphatic carbocycles. The Morgan fingerprint density at radius 2 is 0.879 bits per heavy atom. The summed E-state index contributed by atoms with van der Waals surface area (Å²) >= 11 is 0. The Morgan fingerprint density at radius 3 is 1.58 bits per heavy atom. The van der Waals surface area contributed by atoms with E-state index in [0.29, 0.717) is 0 Å². The number of nitrogens with zero attached hydrogens (tertiary/aromatic N) is 1. The van der Waals surface area contributed by atoms with E-state index in [1.165, 1.54) is 72.3 Å². The third kappa shape index (κ3) is 5.48. The second kappa shape index (κ2) is 14.7. The zero-order valence-corrected chi connectivity index (χ0v) is 36.9. The van der Waals surface area contributed by atoms with Crippen molar-refractivity contribution in [2.45, 2.75) is 24.7 Å². The van der Waals surface area contributed by atoms with Gasteiger partial charge in [0.05, 0.1) is 22.5 Å². The summed E-state index contributed by atoms with van der Waals surface area (Å²) in [5.74, 6) is 0. The Kier molecular flexibility index (Phi) is 8.51. The second-order valence-electron chi connectivity index (χ2n) is 18.3. The van der Waals surface area contributed by atoms with Crippen LogP contribution in [0.15, 0.2) is 241 Å². The predicted molar refractivity (Wildman–Crippen MR) is 274 cm³/mol. The Morgan fingerprint density at radius 1 is 0.348 bits per heavy atom. The summed E-state index contributed by atoms with van der Waals surface area (Å²) in [6, 6.07) is 86.9. The van der Waals surface area contributed by atoms with Crippen molar-refractivity contribution in [1.82, 2.24) is 0 Å². The van der Waals surface area contributed by atoms with Crippen LogP contribution in [0.25, 0.3) is 66.4 Å². The molecule has 0 aliphatic heterocycles. The van der Waals surface area contributed by atoms with Crippen molar-refractivity contribution >= 4 is 39.0 Å². The van der Waals surface area contributed by atoms with Crippen LogP contribution in [0.3, 0.4) is 0 Å². The highest BCUT2D eigenvalue weighted by atomic mass is 16.3. The van der Waals surface area contributed by atoms with E-state index in [2.05, 4.69) is 255 Å². The maximum Gasteiger partial charge on any atom is 0.159 e. The molecule has 0 saturated heterocycles. The topological polar surface area (TPSA) is 16.4 Å². The van der Waals surface area contributed by atoms with Gasteiger partial charge in [-0.15, -0.1) is 0 Å². The lowest BCUT2D eigenvalue weighted by Gasteiger charge is -2.39. The molecule has 2 nitrogen and oxygen atoms in total. The lowest BCUT2D eigenvalue weighted by Crippen LogP contribution is -2.31. The van der Waals surface area contributed by atoms with E-state index < -0.39 is 5.41 Å². The van der Waals surface area contributed by atoms with Gasteiger partial charge in [-0.2, -0.15) is 0 Å². The van der Waals surface area contributed by atoms with Crippen LogP contribution >= 0.6 is 0 Å². The highest BCUT2D eigenvalue weighted by Crippen LogP contribution is 2.61. The molecule has 0 bridgehead atoms. The lowest BCUT2D eigenvalue weighted by atomic mass is 9.67. The van der Waals surface area contributed by atoms with Crippen molar-refractivity contribution in [2.24, 2.45) is 0 Å². The fourth-order valence-electron chi connectivity index (χ4n) is 11.7. The number of furan rings is 1. The number of para-hydroxylation sites is 2. The van der Waals surface area contributed by atoms with Gasteiger partial charge in [-0.1, -0.05) is 214 Å². The van der Waals surface area contributed by atoms with Crippen molar-refractivity contribution in [1.29, 1.82) is 0 Å². The predicted octanol–water partition coefficient (Wildman–Crippen LogP) is 17.1. The highest BCUT2D eigenvalue weighted by molar-refractivity contribution is 6.12. The molecule has 0 fully saturated rings. The molecule has 11 aromatic rings. The maximum absolute atomic E-state index is 7.14. The van der Waals surface area contributed by atoms with Crippen molar-refractivity contribution in [2.75, 3.05) is 4.90 Å². The normalized spacial score (nSPS) is 13.8. The largest absolute Gasteiger partial charge is 0.454 e. The van der Waals surface area contributed by atoms with E-state index in [9.17, 15) is 0 Å². The van der Waals surface area contributed by atoms with Crippen LogP contribution in [0, 0.1) is 0 Å². The van der Waals surface area contributed by atoms with Gasteiger partial charge in [0.2, 0.25) is 0 Å². The minimum Gasteiger partial charge on any atom is -0.454 e. The van der Waals surface area contributed by atoms with Gasteiger partial charge in [0.15, 0.2) is 5.58 Å². The Hall–Kier alpha value is -8.20. The van der Waals surface area contributed by atoms with E-state index in [4.69, 9.17) is 4.42 Å². The van der Waals surface area contributed by atoms with Gasteiger partial charge in [0.25, 0.3) is 0 Å². The third-order valence-electron chi connectivity index (χ3n) is 14.5. The average Bonchev–Trinajstić information content (AvgIpc) is 3.99. The average molecular weight is 844 g/mol. The minimum absolute atomic E-state index is 0.334. The summed E-state index contributed by atoms with van der Waals surface area (Å²) in [7, 11) is 0. The molecule has 2 heteroatoms. The van der Waals surface area contributed by atoms with Gasteiger partial charge >= 0.3 is 0 Å². The molecule has 2 aliphatic rings. The lowest BCUT2D eigenvalue weighted by molar-refractivity contribution is 0.658. The molecule has 1 heterocycles. The molecule has 312 valence electrons. The minimum atomic E-state index is -0.642. The van der Waals surface area contributed by atoms with E-state index in [1.54, 1.807) is 0 Å². The standard InChI is InChI=1S/C64H45NO/c1-63(2)53-38-36-44(42-20-6-3-7-21-42)40-51(53)49-28-18-34-58(61(49)63)65(59-35-19-29-50-52-41-45(43-22-8-4-9-23-43)37-39-60(52)66-62(50)59)57-33-17-16-32-56(57)64(46-24-10-5-11-25-46)54-30-14-12-26-47(54)48-27-13-15-31-55(48)64/h3-41H,1-2H3. The third-order valence-corrected chi connectivity index (χ3v) is 14.5. The van der Waals surface area contributed by atoms with Crippen LogP contribution in [-0.2, 0) is 10.8 Å². The molecule has 0 N–H and O–H groups in total. The van der Waals surface area contributed by atoms with Gasteiger partial charge in [0, 0.05) is 16.2 Å². The summed E-state index contributed by atoms with van der Waals surface area (Å²) in [6.07, 6.45) is 0. The molecule has 66 heavy (non-hydrogen) atoms. The zero-order chi connectivity index (χ0) is 44.0. The van der Waals surface area contributed by atoms with E-state index in [-0.39, 0.29) is 5.41 Å². The maximum atomic E-state index is 7.14. The van der Waals surface area contributed by atoms with E-state index in [1.807, 2.05) is 0 Å².